The molecule has 3 aromatic rings. The number of hydrogen-bond donors (Lipinski definition) is 1. The van der Waals surface area contributed by atoms with Crippen molar-refractivity contribution >= 4 is 16.3 Å². The third kappa shape index (κ3) is 2.10. The van der Waals surface area contributed by atoms with Crippen LogP contribution >= 0.6 is 11.3 Å². The SMILES string of the molecule is Cc1ccc(F)cc1-c1noc(-c2ccsc2N)n1. The second-order valence-electron chi connectivity index (χ2n) is 4.08. The Bertz CT molecular complexity index is 735. The van der Waals surface area contributed by atoms with Crippen LogP contribution in [0.15, 0.2) is 34.2 Å². The number of thiophene rings is 1. The molecule has 19 heavy (non-hydrogen) atoms. The molecule has 6 heteroatoms. The first-order valence-corrected chi connectivity index (χ1v) is 6.46. The highest BCUT2D eigenvalue weighted by Gasteiger charge is 2.15. The van der Waals surface area contributed by atoms with Crippen molar-refractivity contribution in [3.63, 3.8) is 0 Å². The lowest BCUT2D eigenvalue weighted by Crippen LogP contribution is -1.88. The molecule has 0 saturated carbocycles. The Morgan fingerprint density at radius 1 is 1.26 bits per heavy atom. The molecule has 0 unspecified atom stereocenters. The summed E-state index contributed by atoms with van der Waals surface area (Å²) in [6.45, 7) is 1.86. The predicted octanol–water partition coefficient (Wildman–Crippen LogP) is 3.49. The van der Waals surface area contributed by atoms with Gasteiger partial charge >= 0.3 is 0 Å². The summed E-state index contributed by atoms with van der Waals surface area (Å²) in [5.41, 5.74) is 8.01. The summed E-state index contributed by atoms with van der Waals surface area (Å²) in [7, 11) is 0. The number of anilines is 1. The van der Waals surface area contributed by atoms with Crippen LogP contribution in [0.1, 0.15) is 5.56 Å². The zero-order chi connectivity index (χ0) is 13.4. The van der Waals surface area contributed by atoms with Crippen LogP contribution in [0.25, 0.3) is 22.8 Å². The van der Waals surface area contributed by atoms with Crippen LogP contribution < -0.4 is 5.73 Å². The van der Waals surface area contributed by atoms with E-state index in [1.165, 1.54) is 23.5 Å². The zero-order valence-electron chi connectivity index (χ0n) is 10.1. The van der Waals surface area contributed by atoms with Crippen molar-refractivity contribution in [2.24, 2.45) is 0 Å². The topological polar surface area (TPSA) is 64.9 Å². The smallest absolute Gasteiger partial charge is 0.261 e. The summed E-state index contributed by atoms with van der Waals surface area (Å²) in [6.07, 6.45) is 0. The van der Waals surface area contributed by atoms with E-state index in [2.05, 4.69) is 10.1 Å². The lowest BCUT2D eigenvalue weighted by atomic mass is 10.1. The molecule has 2 heterocycles. The lowest BCUT2D eigenvalue weighted by molar-refractivity contribution is 0.432. The predicted molar refractivity (Wildman–Crippen MR) is 72.2 cm³/mol. The van der Waals surface area contributed by atoms with Gasteiger partial charge in [-0.25, -0.2) is 4.39 Å². The van der Waals surface area contributed by atoms with Crippen molar-refractivity contribution in [1.29, 1.82) is 0 Å². The van der Waals surface area contributed by atoms with Crippen LogP contribution in [0, 0.1) is 12.7 Å². The molecule has 0 saturated heterocycles. The second-order valence-corrected chi connectivity index (χ2v) is 5.03. The minimum Gasteiger partial charge on any atom is -0.390 e. The third-order valence-corrected chi connectivity index (χ3v) is 3.54. The Labute approximate surface area is 112 Å². The molecule has 2 N–H and O–H groups in total. The molecule has 0 aliphatic heterocycles. The fraction of sp³-hybridized carbons (Fsp3) is 0.0769. The molecule has 0 atom stereocenters. The maximum atomic E-state index is 13.3. The van der Waals surface area contributed by atoms with Gasteiger partial charge in [-0.2, -0.15) is 4.98 Å². The molecule has 96 valence electrons. The van der Waals surface area contributed by atoms with Crippen molar-refractivity contribution < 1.29 is 8.91 Å². The molecule has 2 aromatic heterocycles. The van der Waals surface area contributed by atoms with Crippen LogP contribution in [-0.4, -0.2) is 10.1 Å². The van der Waals surface area contributed by atoms with Gasteiger partial charge in [-0.3, -0.25) is 0 Å². The summed E-state index contributed by atoms with van der Waals surface area (Å²) in [5, 5.41) is 6.35. The van der Waals surface area contributed by atoms with Gasteiger partial charge in [-0.05, 0) is 36.1 Å². The quantitative estimate of drug-likeness (QED) is 0.777. The van der Waals surface area contributed by atoms with E-state index in [1.807, 2.05) is 18.4 Å². The number of hydrogen-bond acceptors (Lipinski definition) is 5. The Morgan fingerprint density at radius 3 is 2.84 bits per heavy atom. The third-order valence-electron chi connectivity index (χ3n) is 2.79. The van der Waals surface area contributed by atoms with Gasteiger partial charge in [0.05, 0.1) is 10.6 Å². The number of nitrogen functional groups attached to an aromatic ring is 1. The maximum Gasteiger partial charge on any atom is 0.261 e. The van der Waals surface area contributed by atoms with Gasteiger partial charge in [0.25, 0.3) is 5.89 Å². The standard InChI is InChI=1S/C13H10FN3OS/c1-7-2-3-8(14)6-10(7)12-16-13(18-17-12)9-4-5-19-11(9)15/h2-6H,15H2,1H3. The van der Waals surface area contributed by atoms with Crippen molar-refractivity contribution in [1.82, 2.24) is 10.1 Å². The Morgan fingerprint density at radius 2 is 2.11 bits per heavy atom. The van der Waals surface area contributed by atoms with E-state index in [4.69, 9.17) is 10.3 Å². The van der Waals surface area contributed by atoms with E-state index in [-0.39, 0.29) is 5.82 Å². The Balaban J connectivity index is 2.06. The molecule has 0 spiro atoms. The number of aromatic nitrogens is 2. The fourth-order valence-corrected chi connectivity index (χ4v) is 2.41. The van der Waals surface area contributed by atoms with E-state index < -0.39 is 0 Å². The van der Waals surface area contributed by atoms with Gasteiger partial charge in [0, 0.05) is 5.56 Å². The van der Waals surface area contributed by atoms with E-state index in [1.54, 1.807) is 6.07 Å². The molecule has 1 aromatic carbocycles. The summed E-state index contributed by atoms with van der Waals surface area (Å²) in [4.78, 5) is 4.27. The monoisotopic (exact) mass is 275 g/mol. The minimum atomic E-state index is -0.331. The number of nitrogens with two attached hydrogens (primary N) is 1. The van der Waals surface area contributed by atoms with Crippen LogP contribution in [-0.2, 0) is 0 Å². The van der Waals surface area contributed by atoms with Gasteiger partial charge < -0.3 is 10.3 Å². The Hall–Kier alpha value is -2.21. The molecular formula is C13H10FN3OS. The summed E-state index contributed by atoms with van der Waals surface area (Å²) in [6, 6.07) is 6.28. The second kappa shape index (κ2) is 4.47. The van der Waals surface area contributed by atoms with Crippen molar-refractivity contribution in [3.05, 3.63) is 41.0 Å². The molecule has 0 bridgehead atoms. The molecule has 0 fully saturated rings. The number of nitrogens with zero attached hydrogens (tertiary/aromatic N) is 2. The highest BCUT2D eigenvalue weighted by molar-refractivity contribution is 7.14. The zero-order valence-corrected chi connectivity index (χ0v) is 10.9. The molecule has 4 nitrogen and oxygen atoms in total. The summed E-state index contributed by atoms with van der Waals surface area (Å²) in [5.74, 6) is 0.372. The Kier molecular flexibility index (Phi) is 2.79. The number of halogens is 1. The number of benzene rings is 1. The van der Waals surface area contributed by atoms with Crippen molar-refractivity contribution in [2.45, 2.75) is 6.92 Å². The van der Waals surface area contributed by atoms with Crippen LogP contribution in [0.5, 0.6) is 0 Å². The molecule has 0 aliphatic rings. The van der Waals surface area contributed by atoms with Crippen LogP contribution in [0.4, 0.5) is 9.39 Å². The minimum absolute atomic E-state index is 0.331. The summed E-state index contributed by atoms with van der Waals surface area (Å²) < 4.78 is 18.5. The molecule has 0 radical (unpaired) electrons. The lowest BCUT2D eigenvalue weighted by Gasteiger charge is -1.99. The maximum absolute atomic E-state index is 13.3. The number of aryl methyl sites for hydroxylation is 1. The first-order chi connectivity index (χ1) is 9.15. The van der Waals surface area contributed by atoms with Gasteiger partial charge in [0.15, 0.2) is 0 Å². The van der Waals surface area contributed by atoms with Crippen LogP contribution in [0.3, 0.4) is 0 Å². The largest absolute Gasteiger partial charge is 0.390 e. The van der Waals surface area contributed by atoms with E-state index >= 15 is 0 Å². The number of rotatable bonds is 2. The van der Waals surface area contributed by atoms with E-state index in [9.17, 15) is 4.39 Å². The first kappa shape index (κ1) is 11.9. The fourth-order valence-electron chi connectivity index (χ4n) is 1.78. The molecular weight excluding hydrogens is 265 g/mol. The van der Waals surface area contributed by atoms with Gasteiger partial charge in [-0.1, -0.05) is 11.2 Å². The first-order valence-electron chi connectivity index (χ1n) is 5.59. The van der Waals surface area contributed by atoms with E-state index in [0.717, 1.165) is 5.56 Å². The average molecular weight is 275 g/mol. The van der Waals surface area contributed by atoms with Crippen molar-refractivity contribution in [2.75, 3.05) is 5.73 Å². The summed E-state index contributed by atoms with van der Waals surface area (Å²) >= 11 is 1.40. The highest BCUT2D eigenvalue weighted by atomic mass is 32.1. The van der Waals surface area contributed by atoms with Crippen molar-refractivity contribution in [3.8, 4) is 22.8 Å². The van der Waals surface area contributed by atoms with Crippen LogP contribution in [0.2, 0.25) is 0 Å². The van der Waals surface area contributed by atoms with Gasteiger partial charge in [-0.15, -0.1) is 11.3 Å². The average Bonchev–Trinajstić information content (AvgIpc) is 3.00. The molecule has 3 rings (SSSR count). The van der Waals surface area contributed by atoms with Gasteiger partial charge in [0.2, 0.25) is 5.82 Å². The highest BCUT2D eigenvalue weighted by Crippen LogP contribution is 2.31. The van der Waals surface area contributed by atoms with Gasteiger partial charge in [0.1, 0.15) is 5.82 Å². The van der Waals surface area contributed by atoms with E-state index in [0.29, 0.717) is 27.8 Å². The normalized spacial score (nSPS) is 10.8. The molecule has 0 amide bonds. The molecule has 0 aliphatic carbocycles.